The van der Waals surface area contributed by atoms with Crippen LogP contribution in [0.15, 0.2) is 0 Å². The van der Waals surface area contributed by atoms with Gasteiger partial charge in [-0.15, -0.1) is 8.58 Å². The van der Waals surface area contributed by atoms with Gasteiger partial charge in [-0.05, 0) is 31.1 Å². The van der Waals surface area contributed by atoms with Crippen LogP contribution in [0.3, 0.4) is 0 Å². The molecule has 1 aliphatic rings. The highest BCUT2D eigenvalue weighted by Gasteiger charge is 2.10. The first kappa shape index (κ1) is 13.5. The van der Waals surface area contributed by atoms with E-state index in [4.69, 9.17) is 0 Å². The molecular formula is C14H29P. The molecule has 0 aromatic carbocycles. The van der Waals surface area contributed by atoms with Gasteiger partial charge in [0.2, 0.25) is 0 Å². The van der Waals surface area contributed by atoms with Gasteiger partial charge >= 0.3 is 0 Å². The second-order valence-corrected chi connectivity index (χ2v) is 6.78. The number of hydrogen-bond acceptors (Lipinski definition) is 0. The van der Waals surface area contributed by atoms with Crippen LogP contribution in [0.2, 0.25) is 0 Å². The molecule has 1 fully saturated rings. The fourth-order valence-electron chi connectivity index (χ4n) is 2.52. The van der Waals surface area contributed by atoms with E-state index in [1.807, 2.05) is 0 Å². The van der Waals surface area contributed by atoms with E-state index < -0.39 is 0 Å². The van der Waals surface area contributed by atoms with Gasteiger partial charge in [-0.3, -0.25) is 0 Å². The lowest BCUT2D eigenvalue weighted by Crippen LogP contribution is -2.04. The quantitative estimate of drug-likeness (QED) is 0.424. The minimum absolute atomic E-state index is 1.12. The molecular weight excluding hydrogens is 199 g/mol. The Morgan fingerprint density at radius 1 is 0.867 bits per heavy atom. The van der Waals surface area contributed by atoms with Crippen LogP contribution in [0.4, 0.5) is 0 Å². The van der Waals surface area contributed by atoms with Crippen molar-refractivity contribution in [2.75, 3.05) is 6.16 Å². The Morgan fingerprint density at radius 3 is 2.20 bits per heavy atom. The third-order valence-corrected chi connectivity index (χ3v) is 5.37. The van der Waals surface area contributed by atoms with E-state index in [1.165, 1.54) is 72.5 Å². The maximum absolute atomic E-state index is 2.30. The summed E-state index contributed by atoms with van der Waals surface area (Å²) >= 11 is 0. The molecule has 0 N–H and O–H groups in total. The summed E-state index contributed by atoms with van der Waals surface area (Å²) in [6.45, 7) is 2.30. The van der Waals surface area contributed by atoms with Crippen LogP contribution in [0.25, 0.3) is 0 Å². The van der Waals surface area contributed by atoms with Crippen molar-refractivity contribution in [3.63, 3.8) is 0 Å². The average molecular weight is 228 g/mol. The lowest BCUT2D eigenvalue weighted by Gasteiger charge is -2.19. The second-order valence-electron chi connectivity index (χ2n) is 5.06. The zero-order valence-corrected chi connectivity index (χ0v) is 11.6. The van der Waals surface area contributed by atoms with E-state index in [0.29, 0.717) is 0 Å². The summed E-state index contributed by atoms with van der Waals surface area (Å²) < 4.78 is 0. The predicted octanol–water partition coefficient (Wildman–Crippen LogP) is 5.36. The van der Waals surface area contributed by atoms with E-state index in [-0.39, 0.29) is 0 Å². The molecule has 1 saturated carbocycles. The summed E-state index contributed by atoms with van der Waals surface area (Å²) in [5.41, 5.74) is 1.12. The zero-order valence-electron chi connectivity index (χ0n) is 10.6. The topological polar surface area (TPSA) is 0 Å². The molecule has 0 aromatic rings. The van der Waals surface area contributed by atoms with Crippen LogP contribution in [0.5, 0.6) is 0 Å². The Balaban J connectivity index is 1.97. The Bertz CT molecular complexity index is 125. The van der Waals surface area contributed by atoms with E-state index in [9.17, 15) is 0 Å². The van der Waals surface area contributed by atoms with E-state index >= 15 is 0 Å². The third kappa shape index (κ3) is 7.34. The lowest BCUT2D eigenvalue weighted by molar-refractivity contribution is 0.510. The Morgan fingerprint density at radius 2 is 1.53 bits per heavy atom. The van der Waals surface area contributed by atoms with Gasteiger partial charge in [0.1, 0.15) is 0 Å². The fraction of sp³-hybridized carbons (Fsp3) is 1.00. The largest absolute Gasteiger partial charge is 0.119 e. The van der Waals surface area contributed by atoms with Gasteiger partial charge in [0.15, 0.2) is 0 Å². The second kappa shape index (κ2) is 9.64. The van der Waals surface area contributed by atoms with Crippen molar-refractivity contribution in [3.05, 3.63) is 0 Å². The molecule has 1 unspecified atom stereocenters. The highest BCUT2D eigenvalue weighted by Crippen LogP contribution is 2.31. The molecule has 90 valence electrons. The van der Waals surface area contributed by atoms with Gasteiger partial charge in [-0.1, -0.05) is 58.3 Å². The molecule has 0 bridgehead atoms. The Hall–Kier alpha value is 0.430. The molecule has 1 atom stereocenters. The molecule has 0 heterocycles. The molecule has 0 spiro atoms. The van der Waals surface area contributed by atoms with E-state index in [0.717, 1.165) is 5.66 Å². The van der Waals surface area contributed by atoms with Gasteiger partial charge in [0.25, 0.3) is 0 Å². The number of rotatable bonds is 6. The summed E-state index contributed by atoms with van der Waals surface area (Å²) in [5.74, 6) is 0. The minimum Gasteiger partial charge on any atom is -0.119 e. The van der Waals surface area contributed by atoms with Crippen molar-refractivity contribution in [2.24, 2.45) is 0 Å². The van der Waals surface area contributed by atoms with Crippen LogP contribution in [0.1, 0.15) is 77.6 Å². The number of hydrogen-bond donors (Lipinski definition) is 0. The monoisotopic (exact) mass is 228 g/mol. The van der Waals surface area contributed by atoms with Gasteiger partial charge < -0.3 is 0 Å². The van der Waals surface area contributed by atoms with Crippen LogP contribution >= 0.6 is 8.58 Å². The first-order chi connectivity index (χ1) is 7.43. The maximum atomic E-state index is 2.30. The molecule has 1 heteroatoms. The van der Waals surface area contributed by atoms with Crippen molar-refractivity contribution >= 4 is 8.58 Å². The summed E-state index contributed by atoms with van der Waals surface area (Å²) in [6, 6.07) is 0. The van der Waals surface area contributed by atoms with Gasteiger partial charge in [0, 0.05) is 0 Å². The minimum atomic E-state index is 1.12. The first-order valence-corrected chi connectivity index (χ1v) is 8.45. The zero-order chi connectivity index (χ0) is 10.8. The Labute approximate surface area is 98.4 Å². The molecule has 0 saturated heterocycles. The molecule has 1 aliphatic carbocycles. The molecule has 0 radical (unpaired) electrons. The summed E-state index contributed by atoms with van der Waals surface area (Å²) in [6.07, 6.45) is 18.0. The maximum Gasteiger partial charge on any atom is -0.0237 e. The molecule has 0 nitrogen and oxygen atoms in total. The summed E-state index contributed by atoms with van der Waals surface area (Å²) in [7, 11) is 1.29. The van der Waals surface area contributed by atoms with Crippen molar-refractivity contribution in [3.8, 4) is 0 Å². The van der Waals surface area contributed by atoms with E-state index in [1.54, 1.807) is 12.8 Å². The average Bonchev–Trinajstić information content (AvgIpc) is 2.20. The number of unbranched alkanes of at least 4 members (excludes halogenated alkanes) is 3. The first-order valence-electron chi connectivity index (χ1n) is 7.17. The van der Waals surface area contributed by atoms with Crippen LogP contribution in [-0.4, -0.2) is 11.8 Å². The van der Waals surface area contributed by atoms with Gasteiger partial charge in [0.05, 0.1) is 0 Å². The lowest BCUT2D eigenvalue weighted by atomic mass is 10.0. The van der Waals surface area contributed by atoms with Crippen LogP contribution < -0.4 is 0 Å². The van der Waals surface area contributed by atoms with Crippen molar-refractivity contribution in [1.82, 2.24) is 0 Å². The summed E-state index contributed by atoms with van der Waals surface area (Å²) in [5, 5.41) is 0. The molecule has 0 aliphatic heterocycles. The Kier molecular flexibility index (Phi) is 8.67. The van der Waals surface area contributed by atoms with Gasteiger partial charge in [-0.2, -0.15) is 0 Å². The molecule has 15 heavy (non-hydrogen) atoms. The SMILES string of the molecule is CCCCCCPC1CCCCCCC1. The van der Waals surface area contributed by atoms with Crippen molar-refractivity contribution in [2.45, 2.75) is 83.2 Å². The fourth-order valence-corrected chi connectivity index (χ4v) is 4.20. The standard InChI is InChI=1S/C14H29P/c1-2-3-4-10-13-15-14-11-8-6-5-7-9-12-14/h14-15H,2-13H2,1H3. The molecule has 0 amide bonds. The summed E-state index contributed by atoms with van der Waals surface area (Å²) in [4.78, 5) is 0. The van der Waals surface area contributed by atoms with Gasteiger partial charge in [-0.25, -0.2) is 0 Å². The van der Waals surface area contributed by atoms with Crippen LogP contribution in [-0.2, 0) is 0 Å². The van der Waals surface area contributed by atoms with Crippen molar-refractivity contribution in [1.29, 1.82) is 0 Å². The van der Waals surface area contributed by atoms with Crippen molar-refractivity contribution < 1.29 is 0 Å². The third-order valence-electron chi connectivity index (χ3n) is 3.57. The van der Waals surface area contributed by atoms with Crippen LogP contribution in [0, 0.1) is 0 Å². The highest BCUT2D eigenvalue weighted by atomic mass is 31.1. The molecule has 1 rings (SSSR count). The molecule has 0 aromatic heterocycles. The normalized spacial score (nSPS) is 20.6. The van der Waals surface area contributed by atoms with E-state index in [2.05, 4.69) is 6.92 Å². The smallest absolute Gasteiger partial charge is 0.0237 e. The predicted molar refractivity (Wildman–Crippen MR) is 73.4 cm³/mol. The highest BCUT2D eigenvalue weighted by molar-refractivity contribution is 7.38.